The lowest BCUT2D eigenvalue weighted by molar-refractivity contribution is -0.148. The lowest BCUT2D eigenvalue weighted by Gasteiger charge is -2.50. The molecule has 81 heavy (non-hydrogen) atoms. The number of aromatic amines is 1. The van der Waals surface area contributed by atoms with Gasteiger partial charge in [-0.05, 0) is 127 Å². The Labute approximate surface area is 470 Å². The Hall–Kier alpha value is -8.67. The van der Waals surface area contributed by atoms with Crippen LogP contribution >= 0.6 is 0 Å². The van der Waals surface area contributed by atoms with Crippen molar-refractivity contribution in [2.45, 2.75) is 108 Å². The maximum atomic E-state index is 15.3. The van der Waals surface area contributed by atoms with Crippen molar-refractivity contribution in [3.05, 3.63) is 184 Å². The number of nitrogens with zero attached hydrogens (tertiary/aromatic N) is 2. The molecule has 0 saturated carbocycles. The Kier molecular flexibility index (Phi) is 14.2. The Morgan fingerprint density at radius 2 is 1.74 bits per heavy atom. The standard InChI is InChI=1S/C67H66N4O10/c1-39(72)25-28-70-57-20-19-52-60(77)22-21-58-65(52)55(57)38-71(58)59(43-30-61(78)66(62(31-43)79-3)81-49-16-8-15-47(75)33-49)35-48(76)34-50(80-40(2)73)23-26-67-44-10-5-11-45(67)13-7-18-56(67)54-37-68-36-53(54)51(17-6-12-44)64(41-9-4-14-46(74)29-41)42-24-27-69-63(70)32-42/h4-5,7-11,14-16,18-20,24,29-33,36-38,45,50-51,56,59-60,64,68-69,74-75,77-78H,12-13,21-23,25-28,34-35H2,1-3H3. The fraction of sp³-hybridized carbons (Fsp3) is 0.328. The molecule has 14 heteroatoms. The van der Waals surface area contributed by atoms with Crippen molar-refractivity contribution < 1.29 is 49.0 Å². The molecule has 4 aromatic carbocycles. The molecule has 0 fully saturated rings. The lowest BCUT2D eigenvalue weighted by Crippen LogP contribution is -2.41. The number of aromatic nitrogens is 2. The second kappa shape index (κ2) is 21.8. The summed E-state index contributed by atoms with van der Waals surface area (Å²) in [4.78, 5) is 47.4. The number of aliphatic hydroxyl groups excluding tert-OH is 1. The Morgan fingerprint density at radius 3 is 2.54 bits per heavy atom. The number of hydrogen-bond donors (Lipinski definition) is 6. The molecule has 6 aliphatic rings. The van der Waals surface area contributed by atoms with E-state index < -0.39 is 35.6 Å². The Balaban J connectivity index is 1.09. The molecule has 4 aliphatic carbocycles. The molecular formula is C67H66N4O10. The average Bonchev–Trinajstić information content (AvgIpc) is 4.29. The molecule has 6 aromatic rings. The number of hydrogen-bond acceptors (Lipinski definition) is 12. The SMILES string of the molecule is COc1cc(C2CC(=O)CC(OC(C)=O)CCC34C5=CC=CC3CC=CC4c3c[nH]cc3C(C#CC5)C(c3cccc(O)c3)C3=CCNC(=C3)N(CCC(C)=O)c3ccc4c5c(n2cc35)CCC4O)cc(O)c1Oc1cccc(O)c1. The maximum absolute atomic E-state index is 15.3. The van der Waals surface area contributed by atoms with Crippen molar-refractivity contribution in [2.24, 2.45) is 11.3 Å². The summed E-state index contributed by atoms with van der Waals surface area (Å²) in [6.07, 6.45) is 23.3. The van der Waals surface area contributed by atoms with E-state index in [4.69, 9.17) is 14.2 Å². The van der Waals surface area contributed by atoms with E-state index in [2.05, 4.69) is 92.6 Å². The zero-order valence-electron chi connectivity index (χ0n) is 45.7. The van der Waals surface area contributed by atoms with Crippen LogP contribution in [0.3, 0.4) is 0 Å². The van der Waals surface area contributed by atoms with Crippen LogP contribution in [0.1, 0.15) is 129 Å². The molecule has 2 aliphatic heterocycles. The summed E-state index contributed by atoms with van der Waals surface area (Å²) >= 11 is 0. The van der Waals surface area contributed by atoms with Crippen LogP contribution in [0, 0.1) is 23.2 Å². The molecule has 2 aromatic heterocycles. The van der Waals surface area contributed by atoms with Crippen LogP contribution in [0.15, 0.2) is 151 Å². The first kappa shape index (κ1) is 53.0. The minimum Gasteiger partial charge on any atom is -0.508 e. The van der Waals surface area contributed by atoms with Crippen LogP contribution < -0.4 is 19.7 Å². The molecule has 6 bridgehead atoms. The molecule has 8 atom stereocenters. The first-order valence-corrected chi connectivity index (χ1v) is 28.1. The number of anilines is 1. The van der Waals surface area contributed by atoms with E-state index in [1.54, 1.807) is 37.3 Å². The number of aliphatic hydroxyl groups is 1. The number of fused-ring (bicyclic) bond motifs is 3. The topological polar surface area (TPSA) is 196 Å². The van der Waals surface area contributed by atoms with E-state index in [0.29, 0.717) is 50.8 Å². The summed E-state index contributed by atoms with van der Waals surface area (Å²) < 4.78 is 20.4. The van der Waals surface area contributed by atoms with Gasteiger partial charge in [0, 0.05) is 104 Å². The number of aromatic hydroxyl groups is 3. The summed E-state index contributed by atoms with van der Waals surface area (Å²) in [7, 11) is 1.47. The number of phenols is 3. The van der Waals surface area contributed by atoms with Gasteiger partial charge in [-0.25, -0.2) is 0 Å². The van der Waals surface area contributed by atoms with Crippen molar-refractivity contribution in [3.63, 3.8) is 0 Å². The predicted octanol–water partition coefficient (Wildman–Crippen LogP) is 11.8. The third-order valence-corrected chi connectivity index (χ3v) is 17.6. The minimum atomic E-state index is -0.791. The van der Waals surface area contributed by atoms with Gasteiger partial charge in [-0.15, -0.1) is 0 Å². The monoisotopic (exact) mass is 1090 g/mol. The normalized spacial score (nSPS) is 24.8. The maximum Gasteiger partial charge on any atom is 0.302 e. The van der Waals surface area contributed by atoms with Gasteiger partial charge in [0.25, 0.3) is 0 Å². The first-order chi connectivity index (χ1) is 39.3. The number of methoxy groups -OCH3 is 1. The number of H-pyrrole nitrogens is 1. The second-order valence-corrected chi connectivity index (χ2v) is 22.4. The highest BCUT2D eigenvalue weighted by Gasteiger charge is 2.51. The summed E-state index contributed by atoms with van der Waals surface area (Å²) in [5.41, 5.74) is 7.56. The van der Waals surface area contributed by atoms with E-state index in [1.165, 1.54) is 31.7 Å². The van der Waals surface area contributed by atoms with Crippen LogP contribution in [0.5, 0.6) is 34.5 Å². The molecule has 8 unspecified atom stereocenters. The predicted molar refractivity (Wildman–Crippen MR) is 308 cm³/mol. The van der Waals surface area contributed by atoms with Crippen LogP contribution in [0.25, 0.3) is 10.8 Å². The summed E-state index contributed by atoms with van der Waals surface area (Å²) in [6.45, 7) is 3.71. The molecular weight excluding hydrogens is 1020 g/mol. The van der Waals surface area contributed by atoms with Crippen molar-refractivity contribution in [1.29, 1.82) is 0 Å². The number of aryl methyl sites for hydroxylation is 1. The van der Waals surface area contributed by atoms with E-state index in [1.807, 2.05) is 30.5 Å². The summed E-state index contributed by atoms with van der Waals surface area (Å²) in [5, 5.41) is 50.6. The van der Waals surface area contributed by atoms with Crippen molar-refractivity contribution >= 4 is 34.0 Å². The van der Waals surface area contributed by atoms with E-state index in [9.17, 15) is 30.0 Å². The number of nitrogens with one attached hydrogen (secondary N) is 2. The zero-order chi connectivity index (χ0) is 56.1. The Morgan fingerprint density at radius 1 is 0.914 bits per heavy atom. The molecule has 414 valence electrons. The number of carbonyl (C=O) groups is 3. The molecule has 0 saturated heterocycles. The van der Waals surface area contributed by atoms with Gasteiger partial charge in [0.2, 0.25) is 5.75 Å². The van der Waals surface area contributed by atoms with Gasteiger partial charge in [0.05, 0.1) is 30.9 Å². The molecule has 4 heterocycles. The van der Waals surface area contributed by atoms with Gasteiger partial charge in [0.1, 0.15) is 40.7 Å². The van der Waals surface area contributed by atoms with E-state index >= 15 is 4.79 Å². The number of esters is 1. The van der Waals surface area contributed by atoms with E-state index in [-0.39, 0.29) is 83.1 Å². The van der Waals surface area contributed by atoms with Crippen molar-refractivity contribution in [1.82, 2.24) is 14.9 Å². The van der Waals surface area contributed by atoms with Gasteiger partial charge in [0.15, 0.2) is 11.5 Å². The third kappa shape index (κ3) is 9.88. The number of benzene rings is 4. The van der Waals surface area contributed by atoms with Gasteiger partial charge in [-0.1, -0.05) is 78.1 Å². The lowest BCUT2D eigenvalue weighted by atomic mass is 9.53. The molecule has 0 amide bonds. The molecule has 14 nitrogen and oxygen atoms in total. The van der Waals surface area contributed by atoms with Gasteiger partial charge in [-0.3, -0.25) is 14.4 Å². The fourth-order valence-electron chi connectivity index (χ4n) is 14.0. The van der Waals surface area contributed by atoms with Crippen LogP contribution in [0.2, 0.25) is 0 Å². The number of ketones is 2. The summed E-state index contributed by atoms with van der Waals surface area (Å²) in [6, 6.07) is 20.1. The smallest absolute Gasteiger partial charge is 0.302 e. The zero-order valence-corrected chi connectivity index (χ0v) is 45.7. The number of phenolic OH excluding ortho intramolecular Hbond substituents is 3. The average molecular weight is 1090 g/mol. The van der Waals surface area contributed by atoms with Crippen molar-refractivity contribution in [2.75, 3.05) is 25.1 Å². The Bertz CT molecular complexity index is 3730. The quantitative estimate of drug-likeness (QED) is 0.0456. The highest BCUT2D eigenvalue weighted by atomic mass is 16.5. The first-order valence-electron chi connectivity index (χ1n) is 28.1. The molecule has 12 rings (SSSR count). The molecule has 0 radical (unpaired) electrons. The second-order valence-electron chi connectivity index (χ2n) is 22.4. The van der Waals surface area contributed by atoms with Crippen LogP contribution in [0.4, 0.5) is 5.69 Å². The van der Waals surface area contributed by atoms with E-state index in [0.717, 1.165) is 62.2 Å². The highest BCUT2D eigenvalue weighted by molar-refractivity contribution is 6.00. The van der Waals surface area contributed by atoms with Crippen LogP contribution in [-0.2, 0) is 25.5 Å². The largest absolute Gasteiger partial charge is 0.508 e. The van der Waals surface area contributed by atoms with Gasteiger partial charge < -0.3 is 54.4 Å². The van der Waals surface area contributed by atoms with Gasteiger partial charge >= 0.3 is 5.97 Å². The highest BCUT2D eigenvalue weighted by Crippen LogP contribution is 2.60. The molecule has 6 N–H and O–H groups in total. The number of ether oxygens (including phenoxy) is 3. The molecule has 1 spiro atoms. The minimum absolute atomic E-state index is 0.00390. The third-order valence-electron chi connectivity index (χ3n) is 17.6. The number of allylic oxidation sites excluding steroid dienone is 8. The van der Waals surface area contributed by atoms with Crippen molar-refractivity contribution in [3.8, 4) is 46.3 Å². The van der Waals surface area contributed by atoms with Gasteiger partial charge in [-0.2, -0.15) is 0 Å². The number of dihydropyridines is 1. The number of Topliss-reactive ketones (excluding diaryl/α,β-unsaturated/α-hetero) is 2. The number of rotatable bonds is 9. The number of carbonyl (C=O) groups excluding carboxylic acids is 3. The summed E-state index contributed by atoms with van der Waals surface area (Å²) in [5.74, 6) is 7.07. The van der Waals surface area contributed by atoms with Crippen LogP contribution in [-0.4, -0.2) is 73.8 Å². The fourth-order valence-corrected chi connectivity index (χ4v) is 14.0.